The summed E-state index contributed by atoms with van der Waals surface area (Å²) in [6.07, 6.45) is 5.31. The molecule has 0 bridgehead atoms. The van der Waals surface area contributed by atoms with Crippen molar-refractivity contribution in [1.29, 1.82) is 0 Å². The van der Waals surface area contributed by atoms with Gasteiger partial charge >= 0.3 is 0 Å². The van der Waals surface area contributed by atoms with Crippen molar-refractivity contribution in [3.8, 4) is 5.75 Å². The summed E-state index contributed by atoms with van der Waals surface area (Å²) in [7, 11) is 1.67. The summed E-state index contributed by atoms with van der Waals surface area (Å²) in [6.45, 7) is 4.11. The second-order valence-corrected chi connectivity index (χ2v) is 8.02. The molecule has 0 aliphatic carbocycles. The highest BCUT2D eigenvalue weighted by Gasteiger charge is 2.42. The zero-order valence-electron chi connectivity index (χ0n) is 16.0. The number of carbonyl (C=O) groups excluding carboxylic acids is 1. The van der Waals surface area contributed by atoms with Crippen LogP contribution >= 0.6 is 0 Å². The maximum atomic E-state index is 12.9. The van der Waals surface area contributed by atoms with E-state index in [4.69, 9.17) is 9.47 Å². The van der Waals surface area contributed by atoms with Crippen LogP contribution in [-0.4, -0.2) is 54.9 Å². The standard InChI is InChI=1S/C21H31NO4/c1-20(8-3-4-13-26-20)19(24)22-11-9-21(16-23,10-12-22)15-17-6-5-7-18(14-17)25-2/h5-7,14,23H,3-4,8-13,15-16H2,1-2H3/t20-/m1/s1. The minimum atomic E-state index is -0.662. The minimum absolute atomic E-state index is 0.116. The molecule has 1 atom stereocenters. The lowest BCUT2D eigenvalue weighted by Crippen LogP contribution is -2.54. The Hall–Kier alpha value is -1.59. The van der Waals surface area contributed by atoms with Gasteiger partial charge in [0.25, 0.3) is 5.91 Å². The lowest BCUT2D eigenvalue weighted by Gasteiger charge is -2.44. The van der Waals surface area contributed by atoms with Gasteiger partial charge in [-0.1, -0.05) is 12.1 Å². The molecule has 1 aromatic carbocycles. The molecule has 5 heteroatoms. The Balaban J connectivity index is 1.63. The summed E-state index contributed by atoms with van der Waals surface area (Å²) in [6, 6.07) is 8.03. The van der Waals surface area contributed by atoms with E-state index >= 15 is 0 Å². The molecule has 0 saturated carbocycles. The Bertz CT molecular complexity index is 616. The third-order valence-corrected chi connectivity index (χ3v) is 6.08. The Morgan fingerprint density at radius 1 is 1.27 bits per heavy atom. The van der Waals surface area contributed by atoms with Crippen molar-refractivity contribution < 1.29 is 19.4 Å². The van der Waals surface area contributed by atoms with E-state index in [0.29, 0.717) is 19.7 Å². The summed E-state index contributed by atoms with van der Waals surface area (Å²) in [5, 5.41) is 10.1. The highest BCUT2D eigenvalue weighted by Crippen LogP contribution is 2.37. The Kier molecular flexibility index (Phi) is 5.88. The molecule has 0 unspecified atom stereocenters. The number of aliphatic hydroxyl groups excluding tert-OH is 1. The van der Waals surface area contributed by atoms with E-state index in [0.717, 1.165) is 44.3 Å². The van der Waals surface area contributed by atoms with Gasteiger partial charge in [0.1, 0.15) is 11.4 Å². The second kappa shape index (κ2) is 7.97. The third kappa shape index (κ3) is 4.04. The molecule has 2 aliphatic heterocycles. The Morgan fingerprint density at radius 2 is 2.04 bits per heavy atom. The second-order valence-electron chi connectivity index (χ2n) is 8.02. The van der Waals surface area contributed by atoms with Crippen molar-refractivity contribution in [2.24, 2.45) is 5.41 Å². The van der Waals surface area contributed by atoms with Gasteiger partial charge in [0.2, 0.25) is 0 Å². The molecule has 2 heterocycles. The van der Waals surface area contributed by atoms with Gasteiger partial charge in [-0.2, -0.15) is 0 Å². The first-order chi connectivity index (χ1) is 12.5. The number of hydrogen-bond donors (Lipinski definition) is 1. The molecule has 2 saturated heterocycles. The van der Waals surface area contributed by atoms with E-state index in [9.17, 15) is 9.90 Å². The summed E-state index contributed by atoms with van der Waals surface area (Å²) in [5.74, 6) is 0.954. The number of carbonyl (C=O) groups is 1. The number of hydrogen-bond acceptors (Lipinski definition) is 4. The summed E-state index contributed by atoms with van der Waals surface area (Å²) in [4.78, 5) is 14.9. The van der Waals surface area contributed by atoms with Gasteiger partial charge in [-0.3, -0.25) is 4.79 Å². The van der Waals surface area contributed by atoms with Crippen LogP contribution in [0.2, 0.25) is 0 Å². The van der Waals surface area contributed by atoms with Crippen molar-refractivity contribution in [1.82, 2.24) is 4.90 Å². The van der Waals surface area contributed by atoms with E-state index in [1.54, 1.807) is 7.11 Å². The topological polar surface area (TPSA) is 59.0 Å². The quantitative estimate of drug-likeness (QED) is 0.876. The van der Waals surface area contributed by atoms with Crippen LogP contribution in [0.25, 0.3) is 0 Å². The van der Waals surface area contributed by atoms with Gasteiger partial charge in [0.05, 0.1) is 7.11 Å². The number of amides is 1. The van der Waals surface area contributed by atoms with E-state index in [1.807, 2.05) is 30.0 Å². The van der Waals surface area contributed by atoms with Crippen LogP contribution in [-0.2, 0) is 16.0 Å². The number of likely N-dealkylation sites (tertiary alicyclic amines) is 1. The largest absolute Gasteiger partial charge is 0.497 e. The molecule has 3 rings (SSSR count). The molecule has 1 aromatic rings. The molecule has 144 valence electrons. The van der Waals surface area contributed by atoms with Crippen molar-refractivity contribution in [2.75, 3.05) is 33.4 Å². The average Bonchev–Trinajstić information content (AvgIpc) is 2.68. The molecule has 0 aromatic heterocycles. The molecule has 2 fully saturated rings. The maximum absolute atomic E-state index is 12.9. The Morgan fingerprint density at radius 3 is 2.65 bits per heavy atom. The highest BCUT2D eigenvalue weighted by molar-refractivity contribution is 5.85. The first-order valence-electron chi connectivity index (χ1n) is 9.67. The Labute approximate surface area is 156 Å². The molecular formula is C21H31NO4. The molecule has 0 radical (unpaired) electrons. The van der Waals surface area contributed by atoms with Gasteiger partial charge in [-0.25, -0.2) is 0 Å². The number of rotatable bonds is 5. The lowest BCUT2D eigenvalue weighted by atomic mass is 9.74. The first-order valence-corrected chi connectivity index (χ1v) is 9.67. The van der Waals surface area contributed by atoms with Crippen LogP contribution in [0, 0.1) is 5.41 Å². The fourth-order valence-electron chi connectivity index (χ4n) is 4.23. The zero-order chi connectivity index (χ0) is 18.6. The molecule has 26 heavy (non-hydrogen) atoms. The van der Waals surface area contributed by atoms with Crippen molar-refractivity contribution >= 4 is 5.91 Å². The fourth-order valence-corrected chi connectivity index (χ4v) is 4.23. The summed E-state index contributed by atoms with van der Waals surface area (Å²) >= 11 is 0. The maximum Gasteiger partial charge on any atom is 0.254 e. The van der Waals surface area contributed by atoms with Crippen LogP contribution < -0.4 is 4.74 Å². The predicted molar refractivity (Wildman–Crippen MR) is 100 cm³/mol. The minimum Gasteiger partial charge on any atom is -0.497 e. The monoisotopic (exact) mass is 361 g/mol. The zero-order valence-corrected chi connectivity index (χ0v) is 16.0. The van der Waals surface area contributed by atoms with Crippen molar-refractivity contribution in [2.45, 2.75) is 51.0 Å². The van der Waals surface area contributed by atoms with Gasteiger partial charge in [-0.15, -0.1) is 0 Å². The molecule has 5 nitrogen and oxygen atoms in total. The molecule has 0 spiro atoms. The van der Waals surface area contributed by atoms with E-state index in [2.05, 4.69) is 6.07 Å². The van der Waals surface area contributed by atoms with Gasteiger partial charge in [0.15, 0.2) is 0 Å². The van der Waals surface area contributed by atoms with Crippen molar-refractivity contribution in [3.63, 3.8) is 0 Å². The van der Waals surface area contributed by atoms with Crippen LogP contribution in [0.3, 0.4) is 0 Å². The van der Waals surface area contributed by atoms with Gasteiger partial charge in [-0.05, 0) is 63.1 Å². The number of aliphatic hydroxyl groups is 1. The molecule has 1 amide bonds. The SMILES string of the molecule is COc1cccc(CC2(CO)CCN(C(=O)[C@@]3(C)CCCCO3)CC2)c1. The van der Waals surface area contributed by atoms with Crippen LogP contribution in [0.5, 0.6) is 5.75 Å². The lowest BCUT2D eigenvalue weighted by molar-refractivity contribution is -0.164. The van der Waals surface area contributed by atoms with Crippen LogP contribution in [0.4, 0.5) is 0 Å². The summed E-state index contributed by atoms with van der Waals surface area (Å²) in [5.41, 5.74) is 0.336. The number of ether oxygens (including phenoxy) is 2. The van der Waals surface area contributed by atoms with Crippen LogP contribution in [0.1, 0.15) is 44.6 Å². The third-order valence-electron chi connectivity index (χ3n) is 6.08. The first kappa shape index (κ1) is 19.2. The van der Waals surface area contributed by atoms with E-state index in [-0.39, 0.29) is 17.9 Å². The molecule has 2 aliphatic rings. The molecule has 1 N–H and O–H groups in total. The van der Waals surface area contributed by atoms with Gasteiger partial charge < -0.3 is 19.5 Å². The number of benzene rings is 1. The summed E-state index contributed by atoms with van der Waals surface area (Å²) < 4.78 is 11.1. The fraction of sp³-hybridized carbons (Fsp3) is 0.667. The normalized spacial score (nSPS) is 25.7. The number of piperidine rings is 1. The average molecular weight is 361 g/mol. The van der Waals surface area contributed by atoms with Crippen molar-refractivity contribution in [3.05, 3.63) is 29.8 Å². The number of methoxy groups -OCH3 is 1. The van der Waals surface area contributed by atoms with E-state index in [1.165, 1.54) is 5.56 Å². The van der Waals surface area contributed by atoms with E-state index < -0.39 is 5.60 Å². The van der Waals surface area contributed by atoms with Gasteiger partial charge in [0, 0.05) is 31.7 Å². The predicted octanol–water partition coefficient (Wildman–Crippen LogP) is 2.80. The highest BCUT2D eigenvalue weighted by atomic mass is 16.5. The molecular weight excluding hydrogens is 330 g/mol. The smallest absolute Gasteiger partial charge is 0.254 e. The number of nitrogens with zero attached hydrogens (tertiary/aromatic N) is 1. The van der Waals surface area contributed by atoms with Crippen LogP contribution in [0.15, 0.2) is 24.3 Å².